The lowest BCUT2D eigenvalue weighted by atomic mass is 9.93. The molecule has 1 unspecified atom stereocenters. The number of likely N-dealkylation sites (N-methyl/N-ethyl adjacent to an activating group) is 1. The number of halogens is 2. The first-order chi connectivity index (χ1) is 11.0. The Morgan fingerprint density at radius 1 is 1.22 bits per heavy atom. The predicted molar refractivity (Wildman–Crippen MR) is 94.2 cm³/mol. The largest absolute Gasteiger partial charge is 0.335 e. The van der Waals surface area contributed by atoms with Gasteiger partial charge in [0.15, 0.2) is 0 Å². The number of hydrogen-bond donors (Lipinski definition) is 0. The summed E-state index contributed by atoms with van der Waals surface area (Å²) in [5, 5.41) is 1.03. The maximum absolute atomic E-state index is 12.8. The van der Waals surface area contributed by atoms with Gasteiger partial charge in [-0.1, -0.05) is 29.3 Å². The van der Waals surface area contributed by atoms with Gasteiger partial charge in [0.25, 0.3) is 0 Å². The highest BCUT2D eigenvalue weighted by Gasteiger charge is 2.39. The van der Waals surface area contributed by atoms with Crippen molar-refractivity contribution in [3.05, 3.63) is 33.8 Å². The second kappa shape index (κ2) is 6.98. The van der Waals surface area contributed by atoms with Crippen LogP contribution in [0.1, 0.15) is 12.0 Å². The number of nitrogens with zero attached hydrogens (tertiary/aromatic N) is 3. The summed E-state index contributed by atoms with van der Waals surface area (Å²) in [7, 11) is 4.22. The van der Waals surface area contributed by atoms with E-state index in [0.717, 1.165) is 38.2 Å². The Labute approximate surface area is 147 Å². The van der Waals surface area contributed by atoms with Crippen LogP contribution in [0, 0.1) is 0 Å². The van der Waals surface area contributed by atoms with E-state index in [1.165, 1.54) is 0 Å². The molecule has 23 heavy (non-hydrogen) atoms. The van der Waals surface area contributed by atoms with Crippen molar-refractivity contribution in [2.45, 2.75) is 24.9 Å². The van der Waals surface area contributed by atoms with Gasteiger partial charge < -0.3 is 9.80 Å². The first kappa shape index (κ1) is 17.0. The van der Waals surface area contributed by atoms with E-state index in [1.54, 1.807) is 12.1 Å². The number of benzene rings is 1. The molecule has 3 atom stereocenters. The summed E-state index contributed by atoms with van der Waals surface area (Å²) < 4.78 is 0. The normalized spacial score (nSPS) is 27.3. The Morgan fingerprint density at radius 3 is 2.70 bits per heavy atom. The second-order valence-corrected chi connectivity index (χ2v) is 7.51. The number of carbonyl (C=O) groups is 1. The fraction of sp³-hybridized carbons (Fsp3) is 0.588. The lowest BCUT2D eigenvalue weighted by Gasteiger charge is -2.50. The summed E-state index contributed by atoms with van der Waals surface area (Å²) >= 11 is 12.0. The number of fused-ring (bicyclic) bond motifs is 2. The zero-order chi connectivity index (χ0) is 16.6. The fourth-order valence-electron chi connectivity index (χ4n) is 3.75. The smallest absolute Gasteiger partial charge is 0.227 e. The SMILES string of the molecule is CN(C)[C@@H]1CCN2CCN(C(=O)Cc3ccc(Cl)c(Cl)c3)[C@H]1C2. The molecule has 2 aliphatic rings. The van der Waals surface area contributed by atoms with Crippen LogP contribution in [0.4, 0.5) is 0 Å². The van der Waals surface area contributed by atoms with E-state index in [1.807, 2.05) is 6.07 Å². The highest BCUT2D eigenvalue weighted by molar-refractivity contribution is 6.42. The zero-order valence-electron chi connectivity index (χ0n) is 13.6. The molecule has 2 bridgehead atoms. The van der Waals surface area contributed by atoms with Crippen molar-refractivity contribution in [2.24, 2.45) is 0 Å². The van der Waals surface area contributed by atoms with Gasteiger partial charge in [-0.05, 0) is 44.8 Å². The molecule has 0 aliphatic carbocycles. The molecule has 1 aromatic rings. The molecule has 2 heterocycles. The maximum Gasteiger partial charge on any atom is 0.227 e. The van der Waals surface area contributed by atoms with Crippen LogP contribution in [0.25, 0.3) is 0 Å². The van der Waals surface area contributed by atoms with Gasteiger partial charge in [0.2, 0.25) is 5.91 Å². The van der Waals surface area contributed by atoms with Crippen LogP contribution in [0.3, 0.4) is 0 Å². The monoisotopic (exact) mass is 355 g/mol. The van der Waals surface area contributed by atoms with Gasteiger partial charge in [0.05, 0.1) is 22.5 Å². The van der Waals surface area contributed by atoms with Crippen LogP contribution >= 0.6 is 23.2 Å². The third kappa shape index (κ3) is 3.66. The van der Waals surface area contributed by atoms with Crippen molar-refractivity contribution in [2.75, 3.05) is 40.3 Å². The van der Waals surface area contributed by atoms with E-state index in [9.17, 15) is 4.79 Å². The maximum atomic E-state index is 12.8. The molecular formula is C17H23Cl2N3O. The van der Waals surface area contributed by atoms with Crippen molar-refractivity contribution < 1.29 is 4.79 Å². The number of hydrogen-bond acceptors (Lipinski definition) is 3. The van der Waals surface area contributed by atoms with Gasteiger partial charge in [-0.15, -0.1) is 0 Å². The summed E-state index contributed by atoms with van der Waals surface area (Å²) in [6.07, 6.45) is 1.50. The zero-order valence-corrected chi connectivity index (χ0v) is 15.1. The van der Waals surface area contributed by atoms with E-state index in [2.05, 4.69) is 28.8 Å². The van der Waals surface area contributed by atoms with Crippen LogP contribution in [0.2, 0.25) is 10.0 Å². The Hall–Kier alpha value is -0.810. The van der Waals surface area contributed by atoms with E-state index in [0.29, 0.717) is 22.5 Å². The molecule has 126 valence electrons. The Bertz CT molecular complexity index is 593. The summed E-state index contributed by atoms with van der Waals surface area (Å²) in [6, 6.07) is 6.15. The molecule has 6 heteroatoms. The molecule has 0 radical (unpaired) electrons. The van der Waals surface area contributed by atoms with Crippen LogP contribution in [-0.4, -0.2) is 73.0 Å². The molecule has 4 nitrogen and oxygen atoms in total. The van der Waals surface area contributed by atoms with Gasteiger partial charge in [-0.25, -0.2) is 0 Å². The summed E-state index contributed by atoms with van der Waals surface area (Å²) in [6.45, 7) is 3.91. The van der Waals surface area contributed by atoms with Crippen LogP contribution in [0.5, 0.6) is 0 Å². The van der Waals surface area contributed by atoms with Crippen molar-refractivity contribution >= 4 is 29.1 Å². The average Bonchev–Trinajstić information content (AvgIpc) is 2.51. The van der Waals surface area contributed by atoms with Gasteiger partial charge in [-0.3, -0.25) is 9.69 Å². The Morgan fingerprint density at radius 2 is 2.00 bits per heavy atom. The Kier molecular flexibility index (Phi) is 5.16. The molecular weight excluding hydrogens is 333 g/mol. The lowest BCUT2D eigenvalue weighted by molar-refractivity contribution is -0.139. The molecule has 0 spiro atoms. The molecule has 2 fully saturated rings. The number of rotatable bonds is 3. The minimum Gasteiger partial charge on any atom is -0.335 e. The van der Waals surface area contributed by atoms with Crippen molar-refractivity contribution in [3.63, 3.8) is 0 Å². The Balaban J connectivity index is 1.73. The van der Waals surface area contributed by atoms with Crippen molar-refractivity contribution in [1.29, 1.82) is 0 Å². The molecule has 0 N–H and O–H groups in total. The minimum absolute atomic E-state index is 0.182. The highest BCUT2D eigenvalue weighted by atomic mass is 35.5. The van der Waals surface area contributed by atoms with Crippen LogP contribution in [-0.2, 0) is 11.2 Å². The summed E-state index contributed by atoms with van der Waals surface area (Å²) in [5.74, 6) is 0.182. The highest BCUT2D eigenvalue weighted by Crippen LogP contribution is 2.26. The number of amides is 1. The fourth-order valence-corrected chi connectivity index (χ4v) is 4.07. The quantitative estimate of drug-likeness (QED) is 0.832. The molecule has 2 aliphatic heterocycles. The van der Waals surface area contributed by atoms with E-state index >= 15 is 0 Å². The molecule has 0 saturated carbocycles. The predicted octanol–water partition coefficient (Wildman–Crippen LogP) is 2.38. The summed E-state index contributed by atoms with van der Waals surface area (Å²) in [5.41, 5.74) is 0.920. The van der Waals surface area contributed by atoms with Gasteiger partial charge >= 0.3 is 0 Å². The molecule has 0 aromatic heterocycles. The minimum atomic E-state index is 0.182. The molecule has 2 saturated heterocycles. The van der Waals surface area contributed by atoms with Gasteiger partial charge in [0.1, 0.15) is 0 Å². The van der Waals surface area contributed by atoms with E-state index in [4.69, 9.17) is 23.2 Å². The van der Waals surface area contributed by atoms with Gasteiger partial charge in [-0.2, -0.15) is 0 Å². The third-order valence-electron chi connectivity index (χ3n) is 5.01. The summed E-state index contributed by atoms with van der Waals surface area (Å²) in [4.78, 5) is 19.6. The molecule has 1 aromatic carbocycles. The standard InChI is InChI=1S/C17H23Cl2N3O/c1-20(2)15-5-6-21-7-8-22(16(15)11-21)17(23)10-12-3-4-13(18)14(19)9-12/h3-4,9,15-16H,5-8,10-11H2,1-2H3/t15-,16+/m1/s1. The van der Waals surface area contributed by atoms with E-state index in [-0.39, 0.29) is 11.9 Å². The van der Waals surface area contributed by atoms with E-state index < -0.39 is 0 Å². The third-order valence-corrected chi connectivity index (χ3v) is 5.75. The first-order valence-corrected chi connectivity index (χ1v) is 8.83. The van der Waals surface area contributed by atoms with Crippen molar-refractivity contribution in [3.8, 4) is 0 Å². The van der Waals surface area contributed by atoms with Crippen LogP contribution < -0.4 is 0 Å². The number of piperazine rings is 1. The molecule has 3 rings (SSSR count). The number of carbonyl (C=O) groups excluding carboxylic acids is 1. The van der Waals surface area contributed by atoms with Crippen LogP contribution in [0.15, 0.2) is 18.2 Å². The topological polar surface area (TPSA) is 26.8 Å². The second-order valence-electron chi connectivity index (χ2n) is 6.70. The lowest BCUT2D eigenvalue weighted by Crippen LogP contribution is -2.65. The van der Waals surface area contributed by atoms with Gasteiger partial charge in [0, 0.05) is 25.7 Å². The number of piperidine rings is 1. The first-order valence-electron chi connectivity index (χ1n) is 8.08. The van der Waals surface area contributed by atoms with Crippen molar-refractivity contribution in [1.82, 2.24) is 14.7 Å². The average molecular weight is 356 g/mol. The molecule has 1 amide bonds.